The number of carboxylic acid groups (broad SMARTS) is 1. The number of carboxylic acids is 1. The first-order valence-corrected chi connectivity index (χ1v) is 6.26. The van der Waals surface area contributed by atoms with Crippen molar-refractivity contribution >= 4 is 11.7 Å². The third-order valence-electron chi connectivity index (χ3n) is 3.16. The number of nitrogens with zero attached hydrogens (tertiary/aromatic N) is 1. The first-order chi connectivity index (χ1) is 8.46. The summed E-state index contributed by atoms with van der Waals surface area (Å²) in [6.07, 6.45) is 0.159. The summed E-state index contributed by atoms with van der Waals surface area (Å²) < 4.78 is 0. The maximum Gasteiger partial charge on any atom is 0.304 e. The van der Waals surface area contributed by atoms with Gasteiger partial charge in [0.05, 0.1) is 6.42 Å². The molecule has 1 saturated heterocycles. The number of nitrogens with one attached hydrogen (secondary N) is 1. The fraction of sp³-hybridized carbons (Fsp3) is 0.500. The van der Waals surface area contributed by atoms with Crippen LogP contribution >= 0.6 is 0 Å². The van der Waals surface area contributed by atoms with Crippen LogP contribution < -0.4 is 10.2 Å². The Hall–Kier alpha value is -1.55. The largest absolute Gasteiger partial charge is 0.481 e. The van der Waals surface area contributed by atoms with Gasteiger partial charge in [-0.05, 0) is 26.0 Å². The lowest BCUT2D eigenvalue weighted by Gasteiger charge is -2.44. The van der Waals surface area contributed by atoms with Crippen LogP contribution in [0.2, 0.25) is 0 Å². The van der Waals surface area contributed by atoms with Crippen molar-refractivity contribution in [1.82, 2.24) is 5.32 Å². The molecule has 2 N–H and O–H groups in total. The summed E-state index contributed by atoms with van der Waals surface area (Å²) in [5.74, 6) is -0.752. The highest BCUT2D eigenvalue weighted by atomic mass is 16.4. The van der Waals surface area contributed by atoms with Gasteiger partial charge in [0.15, 0.2) is 0 Å². The smallest absolute Gasteiger partial charge is 0.304 e. The van der Waals surface area contributed by atoms with E-state index in [0.29, 0.717) is 0 Å². The molecule has 1 unspecified atom stereocenters. The molecule has 0 radical (unpaired) electrons. The topological polar surface area (TPSA) is 52.6 Å². The highest BCUT2D eigenvalue weighted by Crippen LogP contribution is 2.22. The number of hydrogen-bond acceptors (Lipinski definition) is 3. The molecule has 1 aromatic carbocycles. The molecule has 0 aromatic heterocycles. The molecule has 1 fully saturated rings. The summed E-state index contributed by atoms with van der Waals surface area (Å²) in [5, 5.41) is 12.3. The van der Waals surface area contributed by atoms with Gasteiger partial charge in [0.1, 0.15) is 0 Å². The maximum absolute atomic E-state index is 10.9. The van der Waals surface area contributed by atoms with Gasteiger partial charge in [-0.2, -0.15) is 0 Å². The zero-order chi connectivity index (χ0) is 13.2. The van der Waals surface area contributed by atoms with Crippen molar-refractivity contribution in [2.45, 2.75) is 31.8 Å². The van der Waals surface area contributed by atoms with Gasteiger partial charge in [0, 0.05) is 30.4 Å². The highest BCUT2D eigenvalue weighted by Gasteiger charge is 2.32. The van der Waals surface area contributed by atoms with Crippen LogP contribution in [0.25, 0.3) is 0 Å². The van der Waals surface area contributed by atoms with E-state index in [2.05, 4.69) is 36.2 Å². The van der Waals surface area contributed by atoms with Crippen LogP contribution in [-0.4, -0.2) is 35.7 Å². The SMILES string of the molecule is CC1(C)CN(c2ccccc2)CC(CC(=O)O)N1. The van der Waals surface area contributed by atoms with E-state index in [4.69, 9.17) is 5.11 Å². The standard InChI is InChI=1S/C14H20N2O2/c1-14(2)10-16(12-6-4-3-5-7-12)9-11(15-14)8-13(17)18/h3-7,11,15H,8-10H2,1-2H3,(H,17,18). The van der Waals surface area contributed by atoms with Crippen molar-refractivity contribution in [3.8, 4) is 0 Å². The van der Waals surface area contributed by atoms with Crippen LogP contribution in [0.15, 0.2) is 30.3 Å². The molecule has 1 aromatic rings. The molecule has 1 aliphatic rings. The van der Waals surface area contributed by atoms with Gasteiger partial charge in [0.25, 0.3) is 0 Å². The van der Waals surface area contributed by atoms with E-state index in [9.17, 15) is 4.79 Å². The minimum atomic E-state index is -0.752. The number of hydrogen-bond donors (Lipinski definition) is 2. The normalized spacial score (nSPS) is 22.8. The molecule has 98 valence electrons. The third kappa shape index (κ3) is 3.23. The Balaban J connectivity index is 2.14. The van der Waals surface area contributed by atoms with Crippen LogP contribution in [0.1, 0.15) is 20.3 Å². The van der Waals surface area contributed by atoms with Crippen molar-refractivity contribution in [3.63, 3.8) is 0 Å². The van der Waals surface area contributed by atoms with E-state index in [0.717, 1.165) is 18.8 Å². The molecule has 0 amide bonds. The average Bonchev–Trinajstić information content (AvgIpc) is 2.27. The number of rotatable bonds is 3. The predicted molar refractivity (Wildman–Crippen MR) is 71.9 cm³/mol. The van der Waals surface area contributed by atoms with Crippen molar-refractivity contribution in [2.24, 2.45) is 0 Å². The van der Waals surface area contributed by atoms with Crippen molar-refractivity contribution in [3.05, 3.63) is 30.3 Å². The maximum atomic E-state index is 10.9. The lowest BCUT2D eigenvalue weighted by Crippen LogP contribution is -2.62. The number of aliphatic carboxylic acids is 1. The number of benzene rings is 1. The van der Waals surface area contributed by atoms with Crippen LogP contribution in [0, 0.1) is 0 Å². The lowest BCUT2D eigenvalue weighted by atomic mass is 9.96. The highest BCUT2D eigenvalue weighted by molar-refractivity contribution is 5.67. The van der Waals surface area contributed by atoms with E-state index >= 15 is 0 Å². The number of piperazine rings is 1. The molecule has 1 heterocycles. The molecule has 4 nitrogen and oxygen atoms in total. The van der Waals surface area contributed by atoms with Gasteiger partial charge in [-0.15, -0.1) is 0 Å². The van der Waals surface area contributed by atoms with Gasteiger partial charge in [-0.25, -0.2) is 0 Å². The molecular weight excluding hydrogens is 228 g/mol. The fourth-order valence-corrected chi connectivity index (χ4v) is 2.61. The Kier molecular flexibility index (Phi) is 3.57. The molecule has 0 aliphatic carbocycles. The second-order valence-corrected chi connectivity index (χ2v) is 5.54. The van der Waals surface area contributed by atoms with Crippen LogP contribution in [0.3, 0.4) is 0 Å². The van der Waals surface area contributed by atoms with E-state index in [1.54, 1.807) is 0 Å². The summed E-state index contributed by atoms with van der Waals surface area (Å²) in [5.41, 5.74) is 1.08. The summed E-state index contributed by atoms with van der Waals surface area (Å²) >= 11 is 0. The minimum absolute atomic E-state index is 0.00791. The van der Waals surface area contributed by atoms with Gasteiger partial charge >= 0.3 is 5.97 Å². The van der Waals surface area contributed by atoms with Crippen molar-refractivity contribution in [1.29, 1.82) is 0 Å². The first kappa shape index (κ1) is 12.9. The summed E-state index contributed by atoms with van der Waals surface area (Å²) in [7, 11) is 0. The average molecular weight is 248 g/mol. The van der Waals surface area contributed by atoms with E-state index < -0.39 is 5.97 Å². The van der Waals surface area contributed by atoms with Gasteiger partial charge in [0.2, 0.25) is 0 Å². The molecule has 2 rings (SSSR count). The Labute approximate surface area is 108 Å². The Bertz CT molecular complexity index is 417. The lowest BCUT2D eigenvalue weighted by molar-refractivity contribution is -0.137. The van der Waals surface area contributed by atoms with E-state index in [-0.39, 0.29) is 18.0 Å². The molecule has 0 bridgehead atoms. The second-order valence-electron chi connectivity index (χ2n) is 5.54. The molecule has 18 heavy (non-hydrogen) atoms. The van der Waals surface area contributed by atoms with E-state index in [1.165, 1.54) is 0 Å². The predicted octanol–water partition coefficient (Wildman–Crippen LogP) is 1.72. The fourth-order valence-electron chi connectivity index (χ4n) is 2.61. The van der Waals surface area contributed by atoms with Crippen LogP contribution in [0.4, 0.5) is 5.69 Å². The summed E-state index contributed by atoms with van der Waals surface area (Å²) in [4.78, 5) is 13.1. The van der Waals surface area contributed by atoms with Crippen molar-refractivity contribution in [2.75, 3.05) is 18.0 Å². The molecule has 1 aliphatic heterocycles. The van der Waals surface area contributed by atoms with Crippen LogP contribution in [0.5, 0.6) is 0 Å². The van der Waals surface area contributed by atoms with Gasteiger partial charge in [-0.3, -0.25) is 4.79 Å². The molecule has 0 spiro atoms. The molecule has 4 heteroatoms. The quantitative estimate of drug-likeness (QED) is 0.855. The van der Waals surface area contributed by atoms with Crippen LogP contribution in [-0.2, 0) is 4.79 Å². The number of carbonyl (C=O) groups is 1. The van der Waals surface area contributed by atoms with Gasteiger partial charge in [-0.1, -0.05) is 18.2 Å². The molecule has 0 saturated carbocycles. The Morgan fingerprint density at radius 1 is 1.44 bits per heavy atom. The number of para-hydroxylation sites is 1. The second kappa shape index (κ2) is 4.98. The summed E-state index contributed by atoms with van der Waals surface area (Å²) in [6.45, 7) is 5.83. The van der Waals surface area contributed by atoms with E-state index in [1.807, 2.05) is 18.2 Å². The molecule has 1 atom stereocenters. The van der Waals surface area contributed by atoms with Crippen molar-refractivity contribution < 1.29 is 9.90 Å². The summed E-state index contributed by atoms with van der Waals surface area (Å²) in [6, 6.07) is 10.1. The third-order valence-corrected chi connectivity index (χ3v) is 3.16. The first-order valence-electron chi connectivity index (χ1n) is 6.26. The molecular formula is C14H20N2O2. The zero-order valence-electron chi connectivity index (χ0n) is 10.9. The monoisotopic (exact) mass is 248 g/mol. The Morgan fingerprint density at radius 2 is 2.11 bits per heavy atom. The minimum Gasteiger partial charge on any atom is -0.481 e. The van der Waals surface area contributed by atoms with Gasteiger partial charge < -0.3 is 15.3 Å². The Morgan fingerprint density at radius 3 is 2.72 bits per heavy atom. The number of anilines is 1. The zero-order valence-corrected chi connectivity index (χ0v) is 10.9.